The fourth-order valence-corrected chi connectivity index (χ4v) is 5.44. The number of methoxy groups -OCH3 is 1. The Hall–Kier alpha value is -2.91. The lowest BCUT2D eigenvalue weighted by Gasteiger charge is -2.30. The first-order valence-electron chi connectivity index (χ1n) is 11.0. The summed E-state index contributed by atoms with van der Waals surface area (Å²) >= 11 is 0. The Kier molecular flexibility index (Phi) is 7.76. The van der Waals surface area contributed by atoms with E-state index in [2.05, 4.69) is 0 Å². The highest BCUT2D eigenvalue weighted by molar-refractivity contribution is 7.89. The summed E-state index contributed by atoms with van der Waals surface area (Å²) in [4.78, 5) is 26.4. The van der Waals surface area contributed by atoms with E-state index in [4.69, 9.17) is 9.47 Å². The smallest absolute Gasteiger partial charge is 0.264 e. The number of rotatable bonds is 9. The second-order valence-electron chi connectivity index (χ2n) is 7.74. The van der Waals surface area contributed by atoms with Crippen LogP contribution in [0.5, 0.6) is 11.5 Å². The molecule has 3 rings (SSSR count). The van der Waals surface area contributed by atoms with Crippen molar-refractivity contribution in [3.63, 3.8) is 0 Å². The van der Waals surface area contributed by atoms with Gasteiger partial charge in [0.1, 0.15) is 0 Å². The fourth-order valence-electron chi connectivity index (χ4n) is 3.93. The molecule has 33 heavy (non-hydrogen) atoms. The molecule has 1 aliphatic rings. The molecule has 0 saturated carbocycles. The SMILES string of the molecule is CCN(CC)S(=O)(=O)c1ccc2c(c1)CCCN2C(=O)COc1ccc(C(C)=O)cc1OC. The second kappa shape index (κ2) is 10.4. The van der Waals surface area contributed by atoms with Crippen LogP contribution in [0.4, 0.5) is 5.69 Å². The van der Waals surface area contributed by atoms with Gasteiger partial charge in [-0.2, -0.15) is 4.31 Å². The third-order valence-electron chi connectivity index (χ3n) is 5.74. The zero-order valence-electron chi connectivity index (χ0n) is 19.5. The number of nitrogens with zero attached hydrogens (tertiary/aromatic N) is 2. The molecule has 0 fully saturated rings. The van der Waals surface area contributed by atoms with E-state index < -0.39 is 10.0 Å². The maximum atomic E-state index is 13.0. The molecule has 0 saturated heterocycles. The number of hydrogen-bond donors (Lipinski definition) is 0. The van der Waals surface area contributed by atoms with Crippen molar-refractivity contribution in [1.82, 2.24) is 4.31 Å². The molecular weight excluding hydrogens is 444 g/mol. The van der Waals surface area contributed by atoms with Crippen LogP contribution in [0.3, 0.4) is 0 Å². The number of ether oxygens (including phenoxy) is 2. The summed E-state index contributed by atoms with van der Waals surface area (Å²) in [6, 6.07) is 9.74. The lowest BCUT2D eigenvalue weighted by Crippen LogP contribution is -2.39. The predicted octanol–water partition coefficient (Wildman–Crippen LogP) is 3.29. The molecule has 0 spiro atoms. The van der Waals surface area contributed by atoms with Crippen LogP contribution >= 0.6 is 0 Å². The molecule has 0 radical (unpaired) electrons. The number of fused-ring (bicyclic) bond motifs is 1. The molecule has 9 heteroatoms. The van der Waals surface area contributed by atoms with E-state index in [1.54, 1.807) is 41.3 Å². The molecule has 0 bridgehead atoms. The number of Topliss-reactive ketones (excluding diaryl/α,β-unsaturated/α-hetero) is 1. The third kappa shape index (κ3) is 5.20. The van der Waals surface area contributed by atoms with E-state index in [1.807, 2.05) is 13.8 Å². The lowest BCUT2D eigenvalue weighted by molar-refractivity contribution is -0.120. The number of carbonyl (C=O) groups is 2. The first-order valence-corrected chi connectivity index (χ1v) is 12.4. The van der Waals surface area contributed by atoms with Gasteiger partial charge in [0.2, 0.25) is 10.0 Å². The summed E-state index contributed by atoms with van der Waals surface area (Å²) in [7, 11) is -2.10. The highest BCUT2D eigenvalue weighted by Gasteiger charge is 2.27. The van der Waals surface area contributed by atoms with Crippen LogP contribution in [-0.4, -0.2) is 57.8 Å². The quantitative estimate of drug-likeness (QED) is 0.518. The van der Waals surface area contributed by atoms with Gasteiger partial charge in [-0.25, -0.2) is 8.42 Å². The molecule has 178 valence electrons. The van der Waals surface area contributed by atoms with Gasteiger partial charge in [-0.15, -0.1) is 0 Å². The number of aryl methyl sites for hydroxylation is 1. The van der Waals surface area contributed by atoms with E-state index in [0.29, 0.717) is 48.8 Å². The van der Waals surface area contributed by atoms with E-state index >= 15 is 0 Å². The molecule has 0 aromatic heterocycles. The van der Waals surface area contributed by atoms with E-state index in [0.717, 1.165) is 12.0 Å². The minimum Gasteiger partial charge on any atom is -0.493 e. The predicted molar refractivity (Wildman–Crippen MR) is 126 cm³/mol. The highest BCUT2D eigenvalue weighted by atomic mass is 32.2. The molecule has 1 heterocycles. The van der Waals surface area contributed by atoms with Crippen LogP contribution in [0.25, 0.3) is 0 Å². The number of amides is 1. The number of hydrogen-bond acceptors (Lipinski definition) is 6. The van der Waals surface area contributed by atoms with Crippen molar-refractivity contribution in [2.24, 2.45) is 0 Å². The van der Waals surface area contributed by atoms with Gasteiger partial charge in [0, 0.05) is 30.9 Å². The molecule has 0 atom stereocenters. The molecule has 0 aliphatic carbocycles. The van der Waals surface area contributed by atoms with Gasteiger partial charge in [-0.05, 0) is 61.7 Å². The van der Waals surface area contributed by atoms with Crippen LogP contribution in [0.15, 0.2) is 41.3 Å². The first kappa shape index (κ1) is 24.7. The van der Waals surface area contributed by atoms with Gasteiger partial charge in [0.05, 0.1) is 12.0 Å². The Bertz CT molecular complexity index is 1140. The average Bonchev–Trinajstić information content (AvgIpc) is 2.82. The van der Waals surface area contributed by atoms with Crippen molar-refractivity contribution in [2.45, 2.75) is 38.5 Å². The molecule has 1 aliphatic heterocycles. The number of anilines is 1. The largest absolute Gasteiger partial charge is 0.493 e. The zero-order chi connectivity index (χ0) is 24.2. The Labute approximate surface area is 195 Å². The van der Waals surface area contributed by atoms with E-state index in [-0.39, 0.29) is 23.2 Å². The number of sulfonamides is 1. The van der Waals surface area contributed by atoms with Crippen molar-refractivity contribution in [3.05, 3.63) is 47.5 Å². The molecule has 0 unspecified atom stereocenters. The highest BCUT2D eigenvalue weighted by Crippen LogP contribution is 2.32. The summed E-state index contributed by atoms with van der Waals surface area (Å²) in [6.45, 7) is 6.19. The maximum Gasteiger partial charge on any atom is 0.264 e. The van der Waals surface area contributed by atoms with Crippen LogP contribution in [0, 0.1) is 0 Å². The van der Waals surface area contributed by atoms with Gasteiger partial charge < -0.3 is 14.4 Å². The van der Waals surface area contributed by atoms with Gasteiger partial charge in [-0.3, -0.25) is 9.59 Å². The van der Waals surface area contributed by atoms with Crippen molar-refractivity contribution < 1.29 is 27.5 Å². The lowest BCUT2D eigenvalue weighted by atomic mass is 10.0. The van der Waals surface area contributed by atoms with Crippen molar-refractivity contribution in [3.8, 4) is 11.5 Å². The fraction of sp³-hybridized carbons (Fsp3) is 0.417. The molecule has 8 nitrogen and oxygen atoms in total. The number of ketones is 1. The summed E-state index contributed by atoms with van der Waals surface area (Å²) in [6.07, 6.45) is 1.42. The number of benzene rings is 2. The Morgan fingerprint density at radius 2 is 1.79 bits per heavy atom. The van der Waals surface area contributed by atoms with Crippen molar-refractivity contribution in [1.29, 1.82) is 0 Å². The Morgan fingerprint density at radius 3 is 2.42 bits per heavy atom. The van der Waals surface area contributed by atoms with E-state index in [9.17, 15) is 18.0 Å². The summed E-state index contributed by atoms with van der Waals surface area (Å²) in [5.41, 5.74) is 2.02. The molecule has 2 aromatic rings. The Balaban J connectivity index is 1.79. The minimum absolute atomic E-state index is 0.0942. The second-order valence-corrected chi connectivity index (χ2v) is 9.68. The first-order chi connectivity index (χ1) is 15.7. The average molecular weight is 475 g/mol. The van der Waals surface area contributed by atoms with Gasteiger partial charge >= 0.3 is 0 Å². The van der Waals surface area contributed by atoms with Gasteiger partial charge in [0.25, 0.3) is 5.91 Å². The summed E-state index contributed by atoms with van der Waals surface area (Å²) < 4.78 is 38.2. The topological polar surface area (TPSA) is 93.2 Å². The monoisotopic (exact) mass is 474 g/mol. The molecular formula is C24H30N2O6S. The van der Waals surface area contributed by atoms with Gasteiger partial charge in [0.15, 0.2) is 23.9 Å². The Morgan fingerprint density at radius 1 is 1.06 bits per heavy atom. The standard InChI is InChI=1S/C24H30N2O6S/c1-5-25(6-2)33(29,30)20-10-11-21-19(14-20)8-7-13-26(21)24(28)16-32-22-12-9-18(17(3)27)15-23(22)31-4/h9-12,14-15H,5-8,13,16H2,1-4H3. The summed E-state index contributed by atoms with van der Waals surface area (Å²) in [5.74, 6) is 0.408. The van der Waals surface area contributed by atoms with Crippen molar-refractivity contribution in [2.75, 3.05) is 38.3 Å². The van der Waals surface area contributed by atoms with Crippen LogP contribution in [0.1, 0.15) is 43.1 Å². The molecule has 2 aromatic carbocycles. The summed E-state index contributed by atoms with van der Waals surface area (Å²) in [5, 5.41) is 0. The van der Waals surface area contributed by atoms with E-state index in [1.165, 1.54) is 18.3 Å². The van der Waals surface area contributed by atoms with Crippen LogP contribution < -0.4 is 14.4 Å². The minimum atomic E-state index is -3.57. The maximum absolute atomic E-state index is 13.0. The third-order valence-corrected chi connectivity index (χ3v) is 7.78. The molecule has 0 N–H and O–H groups in total. The van der Waals surface area contributed by atoms with Gasteiger partial charge in [-0.1, -0.05) is 13.8 Å². The van der Waals surface area contributed by atoms with Crippen molar-refractivity contribution >= 4 is 27.4 Å². The normalized spacial score (nSPS) is 13.5. The zero-order valence-corrected chi connectivity index (χ0v) is 20.3. The number of carbonyl (C=O) groups excluding carboxylic acids is 2. The van der Waals surface area contributed by atoms with Crippen LogP contribution in [-0.2, 0) is 21.2 Å². The van der Waals surface area contributed by atoms with Crippen LogP contribution in [0.2, 0.25) is 0 Å². The molecule has 1 amide bonds.